The van der Waals surface area contributed by atoms with E-state index in [0.717, 1.165) is 21.9 Å². The van der Waals surface area contributed by atoms with Crippen molar-refractivity contribution >= 4 is 44.2 Å². The van der Waals surface area contributed by atoms with Crippen molar-refractivity contribution in [2.75, 3.05) is 12.0 Å². The summed E-state index contributed by atoms with van der Waals surface area (Å²) in [6.45, 7) is 2.29. The van der Waals surface area contributed by atoms with E-state index in [2.05, 4.69) is 0 Å². The topological polar surface area (TPSA) is 42.4 Å². The average molecular weight is 441 g/mol. The minimum absolute atomic E-state index is 0.0629. The minimum atomic E-state index is -0.494. The predicted molar refractivity (Wildman–Crippen MR) is 119 cm³/mol. The van der Waals surface area contributed by atoms with Crippen LogP contribution in [-0.4, -0.2) is 18.0 Å². The van der Waals surface area contributed by atoms with Crippen LogP contribution in [0.4, 0.5) is 9.52 Å². The van der Waals surface area contributed by atoms with E-state index in [-0.39, 0.29) is 16.5 Å². The number of methoxy groups -OCH3 is 1. The number of fused-ring (bicyclic) bond motifs is 1. The first kappa shape index (κ1) is 20.3. The van der Waals surface area contributed by atoms with Crippen LogP contribution in [0.2, 0.25) is 5.02 Å². The Hall–Kier alpha value is -2.96. The summed E-state index contributed by atoms with van der Waals surface area (Å²) in [4.78, 5) is 19.7. The fraction of sp³-hybridized carbons (Fsp3) is 0.130. The average Bonchev–Trinajstić information content (AvgIpc) is 3.19. The van der Waals surface area contributed by atoms with Crippen molar-refractivity contribution in [2.24, 2.45) is 0 Å². The number of hydrogen-bond donors (Lipinski definition) is 0. The third-order valence-electron chi connectivity index (χ3n) is 4.73. The Morgan fingerprint density at radius 2 is 1.93 bits per heavy atom. The Labute approximate surface area is 182 Å². The first-order valence-corrected chi connectivity index (χ1v) is 10.4. The van der Waals surface area contributed by atoms with Gasteiger partial charge in [0.25, 0.3) is 5.91 Å². The van der Waals surface area contributed by atoms with Crippen LogP contribution >= 0.6 is 22.9 Å². The number of halogens is 2. The van der Waals surface area contributed by atoms with Gasteiger partial charge in [-0.05, 0) is 42.3 Å². The summed E-state index contributed by atoms with van der Waals surface area (Å²) in [5.74, 6) is -0.198. The molecule has 0 fully saturated rings. The van der Waals surface area contributed by atoms with E-state index >= 15 is 0 Å². The maximum absolute atomic E-state index is 13.5. The molecule has 1 aromatic heterocycles. The molecule has 0 atom stereocenters. The molecule has 4 aromatic rings. The molecule has 0 aliphatic carbocycles. The number of aromatic nitrogens is 1. The molecule has 1 heterocycles. The predicted octanol–water partition coefficient (Wildman–Crippen LogP) is 6.25. The van der Waals surface area contributed by atoms with Crippen molar-refractivity contribution in [3.05, 3.63) is 88.2 Å². The maximum atomic E-state index is 13.5. The second-order valence-corrected chi connectivity index (χ2v) is 8.14. The summed E-state index contributed by atoms with van der Waals surface area (Å²) in [6.07, 6.45) is 0. The number of thiazole rings is 1. The Bertz CT molecular complexity index is 1230. The molecule has 1 amide bonds. The second-order valence-electron chi connectivity index (χ2n) is 6.76. The van der Waals surface area contributed by atoms with Crippen LogP contribution in [0.5, 0.6) is 5.75 Å². The second kappa shape index (κ2) is 8.42. The number of nitrogens with zero attached hydrogens (tertiary/aromatic N) is 2. The van der Waals surface area contributed by atoms with Gasteiger partial charge in [0.2, 0.25) is 0 Å². The first-order chi connectivity index (χ1) is 14.5. The third kappa shape index (κ3) is 3.88. The van der Waals surface area contributed by atoms with E-state index in [1.54, 1.807) is 12.0 Å². The summed E-state index contributed by atoms with van der Waals surface area (Å²) < 4.78 is 19.9. The lowest BCUT2D eigenvalue weighted by Crippen LogP contribution is -2.30. The van der Waals surface area contributed by atoms with Crippen molar-refractivity contribution in [1.82, 2.24) is 4.98 Å². The van der Waals surface area contributed by atoms with Gasteiger partial charge >= 0.3 is 0 Å². The van der Waals surface area contributed by atoms with Gasteiger partial charge in [-0.3, -0.25) is 9.69 Å². The number of aryl methyl sites for hydroxylation is 1. The number of amides is 1. The number of anilines is 1. The van der Waals surface area contributed by atoms with Gasteiger partial charge in [0, 0.05) is 0 Å². The molecule has 7 heteroatoms. The molecule has 0 spiro atoms. The van der Waals surface area contributed by atoms with E-state index in [1.165, 1.54) is 23.5 Å². The van der Waals surface area contributed by atoms with E-state index in [1.807, 2.05) is 49.4 Å². The van der Waals surface area contributed by atoms with Gasteiger partial charge in [0.05, 0.1) is 28.9 Å². The van der Waals surface area contributed by atoms with Gasteiger partial charge in [0.15, 0.2) is 5.13 Å². The van der Waals surface area contributed by atoms with Crippen LogP contribution in [0.3, 0.4) is 0 Å². The van der Waals surface area contributed by atoms with Crippen LogP contribution in [0.1, 0.15) is 21.5 Å². The van der Waals surface area contributed by atoms with Crippen molar-refractivity contribution < 1.29 is 13.9 Å². The van der Waals surface area contributed by atoms with Crippen LogP contribution < -0.4 is 9.64 Å². The highest BCUT2D eigenvalue weighted by Crippen LogP contribution is 2.37. The number of rotatable bonds is 5. The highest BCUT2D eigenvalue weighted by atomic mass is 35.5. The van der Waals surface area contributed by atoms with Gasteiger partial charge in [-0.15, -0.1) is 0 Å². The molecule has 4 nitrogen and oxygen atoms in total. The van der Waals surface area contributed by atoms with Gasteiger partial charge in [0.1, 0.15) is 17.1 Å². The van der Waals surface area contributed by atoms with Crippen LogP contribution in [-0.2, 0) is 6.54 Å². The number of ether oxygens (including phenoxy) is 1. The SMILES string of the molecule is COc1ccc(C)c2sc(N(Cc3ccccc3)C(=O)c3ccc(F)cc3Cl)nc12. The molecule has 152 valence electrons. The fourth-order valence-corrected chi connectivity index (χ4v) is 4.48. The molecule has 3 aromatic carbocycles. The highest BCUT2D eigenvalue weighted by Gasteiger charge is 2.25. The molecule has 0 N–H and O–H groups in total. The summed E-state index contributed by atoms with van der Waals surface area (Å²) >= 11 is 7.60. The molecule has 0 unspecified atom stereocenters. The molecular formula is C23H18ClFN2O2S. The smallest absolute Gasteiger partial charge is 0.261 e. The van der Waals surface area contributed by atoms with Crippen LogP contribution in [0.15, 0.2) is 60.7 Å². The molecule has 30 heavy (non-hydrogen) atoms. The molecule has 0 aliphatic rings. The normalized spacial score (nSPS) is 10.9. The van der Waals surface area contributed by atoms with E-state index in [9.17, 15) is 9.18 Å². The van der Waals surface area contributed by atoms with Crippen molar-refractivity contribution in [1.29, 1.82) is 0 Å². The molecule has 0 saturated heterocycles. The van der Waals surface area contributed by atoms with Gasteiger partial charge in [-0.25, -0.2) is 9.37 Å². The molecule has 0 aliphatic heterocycles. The number of carbonyl (C=O) groups excluding carboxylic acids is 1. The van der Waals surface area contributed by atoms with Crippen molar-refractivity contribution in [3.8, 4) is 5.75 Å². The van der Waals surface area contributed by atoms with E-state index in [4.69, 9.17) is 21.3 Å². The van der Waals surface area contributed by atoms with E-state index < -0.39 is 5.82 Å². The van der Waals surface area contributed by atoms with Gasteiger partial charge in [-0.1, -0.05) is 59.3 Å². The van der Waals surface area contributed by atoms with Gasteiger partial charge in [-0.2, -0.15) is 0 Å². The Morgan fingerprint density at radius 3 is 2.63 bits per heavy atom. The van der Waals surface area contributed by atoms with E-state index in [0.29, 0.717) is 22.9 Å². The zero-order valence-electron chi connectivity index (χ0n) is 16.4. The molecule has 0 radical (unpaired) electrons. The number of carbonyl (C=O) groups is 1. The van der Waals surface area contributed by atoms with Gasteiger partial charge < -0.3 is 4.74 Å². The number of hydrogen-bond acceptors (Lipinski definition) is 4. The van der Waals surface area contributed by atoms with Crippen LogP contribution in [0.25, 0.3) is 10.2 Å². The standard InChI is InChI=1S/C23H18ClFN2O2S/c1-14-8-11-19(29-2)20-21(14)30-23(26-20)27(13-15-6-4-3-5-7-15)22(28)17-10-9-16(25)12-18(17)24/h3-12H,13H2,1-2H3. The summed E-state index contributed by atoms with van der Waals surface area (Å²) in [5, 5.41) is 0.583. The quantitative estimate of drug-likeness (QED) is 0.368. The van der Waals surface area contributed by atoms with Crippen LogP contribution in [0, 0.1) is 12.7 Å². The fourth-order valence-electron chi connectivity index (χ4n) is 3.18. The summed E-state index contributed by atoms with van der Waals surface area (Å²) in [6, 6.07) is 17.2. The summed E-state index contributed by atoms with van der Waals surface area (Å²) in [7, 11) is 1.59. The van der Waals surface area contributed by atoms with Crippen molar-refractivity contribution in [3.63, 3.8) is 0 Å². The first-order valence-electron chi connectivity index (χ1n) is 9.23. The van der Waals surface area contributed by atoms with Crippen molar-refractivity contribution in [2.45, 2.75) is 13.5 Å². The largest absolute Gasteiger partial charge is 0.494 e. The number of benzene rings is 3. The monoisotopic (exact) mass is 440 g/mol. The lowest BCUT2D eigenvalue weighted by molar-refractivity contribution is 0.0985. The summed E-state index contributed by atoms with van der Waals surface area (Å²) in [5.41, 5.74) is 2.90. The lowest BCUT2D eigenvalue weighted by atomic mass is 10.1. The highest BCUT2D eigenvalue weighted by molar-refractivity contribution is 7.22. The minimum Gasteiger partial charge on any atom is -0.494 e. The zero-order valence-corrected chi connectivity index (χ0v) is 17.9. The lowest BCUT2D eigenvalue weighted by Gasteiger charge is -2.20. The maximum Gasteiger partial charge on any atom is 0.261 e. The Balaban J connectivity index is 1.84. The Kier molecular flexibility index (Phi) is 5.70. The molecule has 4 rings (SSSR count). The molecular weight excluding hydrogens is 423 g/mol. The molecule has 0 bridgehead atoms. The Morgan fingerprint density at radius 1 is 1.17 bits per heavy atom. The molecule has 0 saturated carbocycles. The zero-order chi connectivity index (χ0) is 21.3. The third-order valence-corrected chi connectivity index (χ3v) is 6.26.